The molecule has 0 saturated heterocycles. The van der Waals surface area contributed by atoms with Crippen LogP contribution in [0.1, 0.15) is 284 Å². The molecule has 0 spiro atoms. The molecule has 0 saturated carbocycles. The minimum atomic E-state index is -4.39. The van der Waals surface area contributed by atoms with Crippen molar-refractivity contribution in [3.8, 4) is 0 Å². The van der Waals surface area contributed by atoms with Crippen LogP contribution in [0.25, 0.3) is 0 Å². The average Bonchev–Trinajstić information content (AvgIpc) is 3.40. The lowest BCUT2D eigenvalue weighted by Gasteiger charge is -2.19. The molecule has 2 unspecified atom stereocenters. The van der Waals surface area contributed by atoms with Crippen molar-refractivity contribution in [1.29, 1.82) is 0 Å². The fourth-order valence-corrected chi connectivity index (χ4v) is 9.47. The van der Waals surface area contributed by atoms with E-state index in [0.717, 1.165) is 89.9 Å². The van der Waals surface area contributed by atoms with Crippen molar-refractivity contribution < 1.29 is 37.6 Å². The first kappa shape index (κ1) is 72.2. The number of hydrogen-bond donors (Lipinski definition) is 2. The van der Waals surface area contributed by atoms with Gasteiger partial charge in [0, 0.05) is 19.4 Å². The fourth-order valence-electron chi connectivity index (χ4n) is 8.70. The lowest BCUT2D eigenvalue weighted by atomic mass is 10.0. The van der Waals surface area contributed by atoms with Crippen LogP contribution in [0.4, 0.5) is 0 Å². The van der Waals surface area contributed by atoms with Crippen LogP contribution in [0.3, 0.4) is 0 Å². The highest BCUT2D eigenvalue weighted by Crippen LogP contribution is 2.43. The Hall–Kier alpha value is -2.81. The first-order chi connectivity index (χ1) is 36.8. The van der Waals surface area contributed by atoms with Gasteiger partial charge in [0.2, 0.25) is 0 Å². The fraction of sp³-hybridized carbons (Fsp3) is 0.754. The first-order valence-electron chi connectivity index (χ1n) is 31.1. The molecule has 0 amide bonds. The Morgan fingerprint density at radius 1 is 0.413 bits per heavy atom. The highest BCUT2D eigenvalue weighted by Gasteiger charge is 2.26. The quantitative estimate of drug-likeness (QED) is 0.0264. The van der Waals surface area contributed by atoms with Crippen LogP contribution in [-0.2, 0) is 32.7 Å². The van der Waals surface area contributed by atoms with Crippen LogP contribution in [0.5, 0.6) is 0 Å². The smallest absolute Gasteiger partial charge is 0.462 e. The number of allylic oxidation sites excluding steroid dienone is 14. The van der Waals surface area contributed by atoms with Gasteiger partial charge in [0.15, 0.2) is 6.10 Å². The molecule has 0 aromatic carbocycles. The Morgan fingerprint density at radius 3 is 1.09 bits per heavy atom. The second-order valence-corrected chi connectivity index (χ2v) is 22.0. The number of carbonyl (C=O) groups is 2. The van der Waals surface area contributed by atoms with Crippen LogP contribution in [-0.4, -0.2) is 49.3 Å². The summed E-state index contributed by atoms with van der Waals surface area (Å²) in [6.45, 7) is 3.56. The Balaban J connectivity index is 3.74. The molecule has 3 N–H and O–H groups in total. The molecule has 75 heavy (non-hydrogen) atoms. The van der Waals surface area contributed by atoms with Crippen LogP contribution in [0, 0.1) is 0 Å². The van der Waals surface area contributed by atoms with E-state index in [2.05, 4.69) is 98.9 Å². The van der Waals surface area contributed by atoms with Crippen LogP contribution < -0.4 is 5.73 Å². The summed E-state index contributed by atoms with van der Waals surface area (Å²) in [6, 6.07) is 0. The van der Waals surface area contributed by atoms with Crippen LogP contribution >= 0.6 is 7.82 Å². The van der Waals surface area contributed by atoms with Gasteiger partial charge in [-0.05, 0) is 83.5 Å². The Bertz CT molecular complexity index is 1500. The molecule has 0 aliphatic heterocycles. The predicted octanol–water partition coefficient (Wildman–Crippen LogP) is 19.9. The van der Waals surface area contributed by atoms with E-state index in [1.807, 2.05) is 0 Å². The summed E-state index contributed by atoms with van der Waals surface area (Å²) < 4.78 is 33.0. The Kier molecular flexibility index (Phi) is 58.2. The number of hydrogen-bond acceptors (Lipinski definition) is 8. The molecule has 0 radical (unpaired) electrons. The van der Waals surface area contributed by atoms with Gasteiger partial charge in [-0.15, -0.1) is 0 Å². The van der Waals surface area contributed by atoms with E-state index in [1.165, 1.54) is 154 Å². The third-order valence-electron chi connectivity index (χ3n) is 13.2. The third-order valence-corrected chi connectivity index (χ3v) is 14.2. The number of rotatable bonds is 58. The monoisotopic (exact) mass is 1070 g/mol. The van der Waals surface area contributed by atoms with Gasteiger partial charge in [-0.3, -0.25) is 18.6 Å². The number of phosphoric acid groups is 1. The summed E-state index contributed by atoms with van der Waals surface area (Å²) >= 11 is 0. The highest BCUT2D eigenvalue weighted by atomic mass is 31.2. The standard InChI is InChI=1S/C65H116NO8P/c1-3-5-7-9-11-13-15-17-18-19-20-21-22-23-24-25-26-27-28-29-30-31-32-33-34-35-36-37-38-39-40-41-42-43-44-46-48-50-52-54-56-58-65(68)74-63(62-73-75(69,70)72-60-59-66)61-71-64(67)57-55-53-51-49-47-45-16-14-12-10-8-6-4-2/h5,7-8,10-11,13-14,16-18,20-21,23-24,63H,3-4,6,9,12,15,19,22,25-62,66H2,1-2H3,(H,69,70)/b7-5-,10-8-,13-11-,16-14-,18-17-,21-20-,24-23-. The maximum absolute atomic E-state index is 12.7. The number of ether oxygens (including phenoxy) is 2. The van der Waals surface area contributed by atoms with E-state index in [1.54, 1.807) is 0 Å². The van der Waals surface area contributed by atoms with Crippen molar-refractivity contribution in [3.63, 3.8) is 0 Å². The molecule has 0 aromatic heterocycles. The van der Waals surface area contributed by atoms with E-state index in [0.29, 0.717) is 12.8 Å². The highest BCUT2D eigenvalue weighted by molar-refractivity contribution is 7.47. The molecule has 434 valence electrons. The van der Waals surface area contributed by atoms with Crippen molar-refractivity contribution in [1.82, 2.24) is 0 Å². The van der Waals surface area contributed by atoms with Gasteiger partial charge in [-0.1, -0.05) is 272 Å². The van der Waals surface area contributed by atoms with Crippen molar-refractivity contribution in [3.05, 3.63) is 85.1 Å². The Morgan fingerprint density at radius 2 is 0.733 bits per heavy atom. The van der Waals surface area contributed by atoms with Gasteiger partial charge in [0.25, 0.3) is 0 Å². The molecule has 0 aromatic rings. The van der Waals surface area contributed by atoms with E-state index in [4.69, 9.17) is 24.3 Å². The molecular formula is C65H116NO8P. The van der Waals surface area contributed by atoms with E-state index < -0.39 is 32.5 Å². The van der Waals surface area contributed by atoms with Crippen molar-refractivity contribution in [2.24, 2.45) is 5.73 Å². The largest absolute Gasteiger partial charge is 0.472 e. The lowest BCUT2D eigenvalue weighted by Crippen LogP contribution is -2.29. The van der Waals surface area contributed by atoms with Gasteiger partial charge < -0.3 is 20.1 Å². The average molecular weight is 1070 g/mol. The zero-order valence-electron chi connectivity index (χ0n) is 48.5. The second-order valence-electron chi connectivity index (χ2n) is 20.5. The zero-order chi connectivity index (χ0) is 54.5. The number of esters is 2. The molecule has 0 fully saturated rings. The minimum Gasteiger partial charge on any atom is -0.462 e. The van der Waals surface area contributed by atoms with E-state index >= 15 is 0 Å². The van der Waals surface area contributed by atoms with Gasteiger partial charge in [-0.2, -0.15) is 0 Å². The van der Waals surface area contributed by atoms with Crippen molar-refractivity contribution in [2.45, 2.75) is 290 Å². The van der Waals surface area contributed by atoms with Gasteiger partial charge in [0.05, 0.1) is 13.2 Å². The molecule has 10 heteroatoms. The number of carbonyl (C=O) groups excluding carboxylic acids is 2. The van der Waals surface area contributed by atoms with Crippen LogP contribution in [0.15, 0.2) is 85.1 Å². The van der Waals surface area contributed by atoms with Crippen molar-refractivity contribution >= 4 is 19.8 Å². The third kappa shape index (κ3) is 60.3. The lowest BCUT2D eigenvalue weighted by molar-refractivity contribution is -0.161. The number of unbranched alkanes of at least 4 members (excludes halogenated alkanes) is 31. The number of nitrogens with two attached hydrogens (primary N) is 1. The zero-order valence-corrected chi connectivity index (χ0v) is 49.4. The summed E-state index contributed by atoms with van der Waals surface area (Å²) in [5, 5.41) is 0. The summed E-state index contributed by atoms with van der Waals surface area (Å²) in [6.07, 6.45) is 79.7. The topological polar surface area (TPSA) is 134 Å². The Labute approximate surface area is 462 Å². The number of phosphoric ester groups is 1. The first-order valence-corrected chi connectivity index (χ1v) is 32.6. The van der Waals surface area contributed by atoms with Gasteiger partial charge in [0.1, 0.15) is 6.61 Å². The normalized spacial score (nSPS) is 13.6. The molecule has 0 aliphatic carbocycles. The summed E-state index contributed by atoms with van der Waals surface area (Å²) in [7, 11) is -4.39. The molecule has 0 aliphatic rings. The minimum absolute atomic E-state index is 0.0507. The summed E-state index contributed by atoms with van der Waals surface area (Å²) in [4.78, 5) is 35.1. The van der Waals surface area contributed by atoms with Gasteiger partial charge >= 0.3 is 19.8 Å². The van der Waals surface area contributed by atoms with Gasteiger partial charge in [-0.25, -0.2) is 4.57 Å². The summed E-state index contributed by atoms with van der Waals surface area (Å²) in [5.74, 6) is -0.837. The maximum Gasteiger partial charge on any atom is 0.472 e. The summed E-state index contributed by atoms with van der Waals surface area (Å²) in [5.41, 5.74) is 5.37. The predicted molar refractivity (Wildman–Crippen MR) is 321 cm³/mol. The molecule has 9 nitrogen and oxygen atoms in total. The van der Waals surface area contributed by atoms with Crippen LogP contribution in [0.2, 0.25) is 0 Å². The molecule has 2 atom stereocenters. The SMILES string of the molecule is CC/C=C\C/C=C\C/C=C\C/C=C\C/C=C\CCCCCCCCCCCCCCCCCCCCCCCCCCCC(=O)OC(COC(=O)CCCCCCC/C=C\C/C=C\CCC)COP(=O)(O)OCCN. The molecule has 0 rings (SSSR count). The molecule has 0 heterocycles. The molecule has 0 bridgehead atoms. The van der Waals surface area contributed by atoms with E-state index in [9.17, 15) is 19.0 Å². The maximum atomic E-state index is 12.7. The second kappa shape index (κ2) is 60.4. The molecular weight excluding hydrogens is 954 g/mol. The van der Waals surface area contributed by atoms with Crippen molar-refractivity contribution in [2.75, 3.05) is 26.4 Å². The van der Waals surface area contributed by atoms with E-state index in [-0.39, 0.29) is 32.6 Å².